The lowest BCUT2D eigenvalue weighted by Crippen LogP contribution is -2.10. The molecule has 0 amide bonds. The predicted octanol–water partition coefficient (Wildman–Crippen LogP) is 7.51. The fraction of sp³-hybridized carbons (Fsp3) is 0.0968. The molecule has 0 aromatic heterocycles. The minimum atomic E-state index is -0.0857. The van der Waals surface area contributed by atoms with Crippen molar-refractivity contribution in [3.63, 3.8) is 0 Å². The highest BCUT2D eigenvalue weighted by atomic mass is 16.3. The molecule has 0 heterocycles. The lowest BCUT2D eigenvalue weighted by molar-refractivity contribution is 0.460. The van der Waals surface area contributed by atoms with Crippen LogP contribution in [0.15, 0.2) is 121 Å². The Morgan fingerprint density at radius 1 is 0.824 bits per heavy atom. The zero-order valence-electron chi connectivity index (χ0n) is 19.1. The molecule has 0 spiro atoms. The van der Waals surface area contributed by atoms with E-state index in [0.717, 1.165) is 33.4 Å². The van der Waals surface area contributed by atoms with E-state index in [2.05, 4.69) is 37.8 Å². The monoisotopic (exact) mass is 448 g/mol. The van der Waals surface area contributed by atoms with E-state index in [9.17, 15) is 15.3 Å². The number of hydrogen-bond acceptors (Lipinski definition) is 3. The Balaban J connectivity index is 1.78. The fourth-order valence-electron chi connectivity index (χ4n) is 4.37. The Kier molecular flexibility index (Phi) is 6.84. The normalized spacial score (nSPS) is 16.6. The van der Waals surface area contributed by atoms with Gasteiger partial charge in [0.15, 0.2) is 0 Å². The molecule has 1 aliphatic carbocycles. The van der Waals surface area contributed by atoms with Gasteiger partial charge in [0.2, 0.25) is 0 Å². The maximum absolute atomic E-state index is 10.9. The first kappa shape index (κ1) is 22.9. The van der Waals surface area contributed by atoms with Crippen LogP contribution >= 0.6 is 0 Å². The minimum absolute atomic E-state index is 0.0400. The molecule has 0 saturated carbocycles. The van der Waals surface area contributed by atoms with E-state index in [1.165, 1.54) is 0 Å². The average Bonchev–Trinajstić information content (AvgIpc) is 3.31. The van der Waals surface area contributed by atoms with E-state index in [0.29, 0.717) is 0 Å². The van der Waals surface area contributed by atoms with Crippen LogP contribution in [0, 0.1) is 5.92 Å². The molecule has 170 valence electrons. The van der Waals surface area contributed by atoms with Crippen molar-refractivity contribution < 1.29 is 15.3 Å². The molecular weight excluding hydrogens is 420 g/mol. The predicted molar refractivity (Wildman–Crippen MR) is 140 cm³/mol. The Bertz CT molecular complexity index is 1290. The largest absolute Gasteiger partial charge is 0.508 e. The molecule has 1 aliphatic rings. The van der Waals surface area contributed by atoms with Gasteiger partial charge >= 0.3 is 0 Å². The Hall–Kier alpha value is -4.24. The number of phenols is 3. The molecule has 3 N–H and O–H groups in total. The topological polar surface area (TPSA) is 60.7 Å². The van der Waals surface area contributed by atoms with Crippen LogP contribution in [0.5, 0.6) is 17.2 Å². The maximum atomic E-state index is 10.9. The number of phenolic OH excluding ortho intramolecular Hbond substituents is 3. The zero-order chi connectivity index (χ0) is 24.1. The maximum Gasteiger partial charge on any atom is 0.119 e. The standard InChI is InChI=1S/C31H28O3/c1-3-4-5-6-21(2)31(26-8-7-24(19-26)22-9-14-27(32)15-10-22)29-20-25(13-18-30(29)34)23-11-16-28(33)17-12-23/h3-20,26,31-34H,1H2,2H3/b5-4-,21-6+. The van der Waals surface area contributed by atoms with Crippen LogP contribution in [0.3, 0.4) is 0 Å². The molecule has 0 bridgehead atoms. The SMILES string of the molecule is C=C/C=C\C=C(/C)C(c1cc(-c2ccc(O)cc2)ccc1O)C1C=CC(c2ccc(O)cc2)=C1. The third-order valence-corrected chi connectivity index (χ3v) is 6.12. The zero-order valence-corrected chi connectivity index (χ0v) is 19.1. The van der Waals surface area contributed by atoms with Crippen LogP contribution in [-0.4, -0.2) is 15.3 Å². The van der Waals surface area contributed by atoms with Crippen molar-refractivity contribution in [2.75, 3.05) is 0 Å². The highest BCUT2D eigenvalue weighted by Crippen LogP contribution is 2.43. The van der Waals surface area contributed by atoms with Gasteiger partial charge in [-0.05, 0) is 65.6 Å². The van der Waals surface area contributed by atoms with Crippen LogP contribution in [0.4, 0.5) is 0 Å². The molecule has 0 saturated heterocycles. The highest BCUT2D eigenvalue weighted by Gasteiger charge is 2.27. The molecule has 4 rings (SSSR count). The summed E-state index contributed by atoms with van der Waals surface area (Å²) in [5.41, 5.74) is 5.99. The molecule has 3 aromatic rings. The summed E-state index contributed by atoms with van der Waals surface area (Å²) >= 11 is 0. The summed E-state index contributed by atoms with van der Waals surface area (Å²) in [6, 6.07) is 19.9. The van der Waals surface area contributed by atoms with Crippen LogP contribution in [0.1, 0.15) is 24.0 Å². The van der Waals surface area contributed by atoms with Gasteiger partial charge in [0.25, 0.3) is 0 Å². The number of benzene rings is 3. The van der Waals surface area contributed by atoms with Gasteiger partial charge in [0.05, 0.1) is 0 Å². The van der Waals surface area contributed by atoms with E-state index in [-0.39, 0.29) is 29.1 Å². The second-order valence-electron chi connectivity index (χ2n) is 8.43. The Labute approximate surface area is 200 Å². The second-order valence-corrected chi connectivity index (χ2v) is 8.43. The van der Waals surface area contributed by atoms with Gasteiger partial charge in [0, 0.05) is 17.4 Å². The summed E-state index contributed by atoms with van der Waals surface area (Å²) in [6.07, 6.45) is 14.1. The first-order valence-electron chi connectivity index (χ1n) is 11.2. The molecule has 3 aromatic carbocycles. The number of aromatic hydroxyl groups is 3. The third-order valence-electron chi connectivity index (χ3n) is 6.12. The van der Waals surface area contributed by atoms with Gasteiger partial charge in [-0.15, -0.1) is 0 Å². The smallest absolute Gasteiger partial charge is 0.119 e. The quantitative estimate of drug-likeness (QED) is 0.328. The van der Waals surface area contributed by atoms with Gasteiger partial charge < -0.3 is 15.3 Å². The van der Waals surface area contributed by atoms with E-state index in [4.69, 9.17) is 0 Å². The lowest BCUT2D eigenvalue weighted by atomic mass is 9.80. The van der Waals surface area contributed by atoms with Crippen LogP contribution < -0.4 is 0 Å². The number of hydrogen-bond donors (Lipinski definition) is 3. The van der Waals surface area contributed by atoms with Crippen LogP contribution in [0.25, 0.3) is 16.7 Å². The summed E-state index contributed by atoms with van der Waals surface area (Å²) in [7, 11) is 0. The highest BCUT2D eigenvalue weighted by molar-refractivity contribution is 5.78. The first-order valence-corrected chi connectivity index (χ1v) is 11.2. The van der Waals surface area contributed by atoms with Crippen molar-refractivity contribution in [1.82, 2.24) is 0 Å². The van der Waals surface area contributed by atoms with Gasteiger partial charge in [-0.3, -0.25) is 0 Å². The molecule has 0 fully saturated rings. The Morgan fingerprint density at radius 2 is 1.44 bits per heavy atom. The minimum Gasteiger partial charge on any atom is -0.508 e. The summed E-state index contributed by atoms with van der Waals surface area (Å²) in [5, 5.41) is 30.2. The summed E-state index contributed by atoms with van der Waals surface area (Å²) in [6.45, 7) is 5.82. The summed E-state index contributed by atoms with van der Waals surface area (Å²) < 4.78 is 0. The van der Waals surface area contributed by atoms with Gasteiger partial charge in [0.1, 0.15) is 17.2 Å². The van der Waals surface area contributed by atoms with E-state index in [1.54, 1.807) is 36.4 Å². The van der Waals surface area contributed by atoms with Crippen molar-refractivity contribution in [2.24, 2.45) is 5.92 Å². The van der Waals surface area contributed by atoms with Crippen LogP contribution in [0.2, 0.25) is 0 Å². The fourth-order valence-corrected chi connectivity index (χ4v) is 4.37. The van der Waals surface area contributed by atoms with Crippen molar-refractivity contribution in [2.45, 2.75) is 12.8 Å². The first-order chi connectivity index (χ1) is 16.5. The molecular formula is C31H28O3. The van der Waals surface area contributed by atoms with Crippen molar-refractivity contribution >= 4 is 5.57 Å². The molecule has 3 nitrogen and oxygen atoms in total. The Morgan fingerprint density at radius 3 is 2.09 bits per heavy atom. The summed E-state index contributed by atoms with van der Waals surface area (Å²) in [4.78, 5) is 0. The van der Waals surface area contributed by atoms with Crippen LogP contribution in [-0.2, 0) is 0 Å². The average molecular weight is 449 g/mol. The molecule has 0 aliphatic heterocycles. The van der Waals surface area contributed by atoms with Gasteiger partial charge in [-0.2, -0.15) is 0 Å². The third kappa shape index (κ3) is 5.05. The lowest BCUT2D eigenvalue weighted by Gasteiger charge is -2.24. The number of rotatable bonds is 7. The van der Waals surface area contributed by atoms with Gasteiger partial charge in [-0.25, -0.2) is 0 Å². The van der Waals surface area contributed by atoms with E-state index in [1.807, 2.05) is 48.6 Å². The summed E-state index contributed by atoms with van der Waals surface area (Å²) in [5.74, 6) is 0.657. The van der Waals surface area contributed by atoms with Crippen molar-refractivity contribution in [1.29, 1.82) is 0 Å². The van der Waals surface area contributed by atoms with Crippen molar-refractivity contribution in [3.8, 4) is 28.4 Å². The van der Waals surface area contributed by atoms with Gasteiger partial charge in [-0.1, -0.05) is 85.0 Å². The molecule has 0 radical (unpaired) electrons. The van der Waals surface area contributed by atoms with E-state index >= 15 is 0 Å². The van der Waals surface area contributed by atoms with Crippen molar-refractivity contribution in [3.05, 3.63) is 133 Å². The second kappa shape index (κ2) is 10.1. The molecule has 34 heavy (non-hydrogen) atoms. The van der Waals surface area contributed by atoms with E-state index < -0.39 is 0 Å². The molecule has 3 heteroatoms. The molecule has 2 unspecified atom stereocenters. The number of allylic oxidation sites excluding steroid dienone is 9. The molecule has 2 atom stereocenters.